The maximum absolute atomic E-state index is 14.0. The molecule has 0 spiro atoms. The Morgan fingerprint density at radius 3 is 1.44 bits per heavy atom. The summed E-state index contributed by atoms with van der Waals surface area (Å²) in [7, 11) is 1.63. The Kier molecular flexibility index (Phi) is 39.8. The summed E-state index contributed by atoms with van der Waals surface area (Å²) in [6.07, 6.45) is 4.35. The van der Waals surface area contributed by atoms with E-state index in [2.05, 4.69) is 15.6 Å². The largest absolute Gasteiger partial charge is 0.460 e. The van der Waals surface area contributed by atoms with Crippen molar-refractivity contribution in [3.05, 3.63) is 59.4 Å². The van der Waals surface area contributed by atoms with Gasteiger partial charge in [-0.1, -0.05) is 49.7 Å². The van der Waals surface area contributed by atoms with Gasteiger partial charge in [0.05, 0.1) is 182 Å². The minimum absolute atomic E-state index is 0.0166. The standard InChI is InChI=1S/C60H96N6O20/c1-46(2)50(58(72)62-51(9-7-8-10-55(61)69)54(68)41-47-11-13-48(14-12-47)45-86-59(73)60(3,4)5)42-49(67)43-53(66-56(70)15-16-57(66)71)52-44-65(64-63-52)17-18-75-21-22-77-25-26-79-29-30-81-33-34-83-37-38-85-40-39-84-36-35-82-32-31-80-28-27-78-24-23-76-20-19-74-6/h11-16,44,46,50-51,53H,7-10,17-43,45H2,1-6H3,(H2,61,69)(H,62,72)/t50-,51-,53-/m0/s1. The number of amides is 4. The van der Waals surface area contributed by atoms with Gasteiger partial charge in [-0.15, -0.1) is 5.10 Å². The van der Waals surface area contributed by atoms with Crippen molar-refractivity contribution in [2.75, 3.05) is 159 Å². The fourth-order valence-electron chi connectivity index (χ4n) is 8.08. The molecule has 26 nitrogen and oxygen atoms in total. The van der Waals surface area contributed by atoms with E-state index in [0.29, 0.717) is 164 Å². The van der Waals surface area contributed by atoms with Crippen LogP contribution in [0.3, 0.4) is 0 Å². The third-order valence-electron chi connectivity index (χ3n) is 12.9. The number of esters is 1. The van der Waals surface area contributed by atoms with E-state index in [1.807, 2.05) is 0 Å². The number of Topliss-reactive ketones (excluding diaryl/α,β-unsaturated/α-hetero) is 2. The summed E-state index contributed by atoms with van der Waals surface area (Å²) in [5.74, 6) is -4.50. The van der Waals surface area contributed by atoms with E-state index < -0.39 is 52.8 Å². The average Bonchev–Trinajstić information content (AvgIpc) is 2.62. The minimum atomic E-state index is -1.11. The number of nitrogens with zero attached hydrogens (tertiary/aromatic N) is 4. The molecule has 0 saturated heterocycles. The maximum Gasteiger partial charge on any atom is 0.311 e. The van der Waals surface area contributed by atoms with Crippen molar-refractivity contribution < 1.29 is 95.1 Å². The topological polar surface area (TPSA) is 311 Å². The third kappa shape index (κ3) is 34.2. The number of ketones is 2. The molecule has 0 saturated carbocycles. The molecule has 26 heteroatoms. The molecule has 0 fully saturated rings. The number of benzene rings is 1. The van der Waals surface area contributed by atoms with Crippen LogP contribution < -0.4 is 11.1 Å². The number of hydrogen-bond acceptors (Lipinski definition) is 22. The second-order valence-corrected chi connectivity index (χ2v) is 21.4. The molecule has 3 N–H and O–H groups in total. The monoisotopic (exact) mass is 1220 g/mol. The lowest BCUT2D eigenvalue weighted by Gasteiger charge is -2.26. The fourth-order valence-corrected chi connectivity index (χ4v) is 8.08. The molecule has 0 unspecified atom stereocenters. The number of unbranched alkanes of at least 4 members (excludes halogenated alkanes) is 1. The number of methoxy groups -OCH3 is 1. The second kappa shape index (κ2) is 45.7. The van der Waals surface area contributed by atoms with Gasteiger partial charge in [0.2, 0.25) is 11.8 Å². The highest BCUT2D eigenvalue weighted by atomic mass is 16.6. The molecular formula is C60H96N6O20. The number of carbonyl (C=O) groups is 7. The number of ether oxygens (including phenoxy) is 13. The van der Waals surface area contributed by atoms with Gasteiger partial charge in [0, 0.05) is 50.9 Å². The van der Waals surface area contributed by atoms with Crippen molar-refractivity contribution in [2.24, 2.45) is 23.0 Å². The summed E-state index contributed by atoms with van der Waals surface area (Å²) in [6, 6.07) is 5.00. The lowest BCUT2D eigenvalue weighted by Crippen LogP contribution is -2.46. The first-order chi connectivity index (χ1) is 41.5. The number of primary amides is 1. The molecule has 3 rings (SSSR count). The second-order valence-electron chi connectivity index (χ2n) is 21.4. The molecule has 0 aliphatic carbocycles. The molecule has 86 heavy (non-hydrogen) atoms. The predicted octanol–water partition coefficient (Wildman–Crippen LogP) is 3.13. The molecule has 0 radical (unpaired) electrons. The lowest BCUT2D eigenvalue weighted by molar-refractivity contribution is -0.154. The van der Waals surface area contributed by atoms with Crippen LogP contribution in [-0.4, -0.2) is 226 Å². The van der Waals surface area contributed by atoms with E-state index in [-0.39, 0.29) is 75.2 Å². The highest BCUT2D eigenvalue weighted by molar-refractivity contribution is 6.13. The van der Waals surface area contributed by atoms with Gasteiger partial charge in [0.25, 0.3) is 11.8 Å². The Hall–Kier alpha value is -5.49. The SMILES string of the molecule is COCCOCCOCCOCCOCCOCCOCCOCCOCCOCCOCCOCCn1cc([C@H](CC(=O)C[C@H](C(=O)N[C@@H](CCCCC(N)=O)C(=O)Cc2ccc(COC(=O)C(C)(C)C)cc2)C(C)C)N2C(=O)C=CC2=O)nn1. The molecule has 1 aromatic heterocycles. The number of aromatic nitrogens is 3. The number of nitrogens with one attached hydrogen (secondary N) is 1. The Balaban J connectivity index is 1.28. The summed E-state index contributed by atoms with van der Waals surface area (Å²) in [6.45, 7) is 19.4. The number of carbonyl (C=O) groups excluding carboxylic acids is 7. The minimum Gasteiger partial charge on any atom is -0.460 e. The quantitative estimate of drug-likeness (QED) is 0.0546. The number of hydrogen-bond donors (Lipinski definition) is 2. The van der Waals surface area contributed by atoms with Gasteiger partial charge in [-0.3, -0.25) is 38.5 Å². The smallest absolute Gasteiger partial charge is 0.311 e. The van der Waals surface area contributed by atoms with Gasteiger partial charge in [-0.25, -0.2) is 4.68 Å². The van der Waals surface area contributed by atoms with Crippen LogP contribution in [0.15, 0.2) is 42.6 Å². The summed E-state index contributed by atoms with van der Waals surface area (Å²) < 4.78 is 72.4. The molecule has 3 atom stereocenters. The van der Waals surface area contributed by atoms with Crippen LogP contribution in [0.5, 0.6) is 0 Å². The zero-order chi connectivity index (χ0) is 62.6. The first kappa shape index (κ1) is 74.8. The van der Waals surface area contributed by atoms with Crippen LogP contribution in [0.25, 0.3) is 0 Å². The Bertz CT molecular complexity index is 2240. The Labute approximate surface area is 506 Å². The van der Waals surface area contributed by atoms with E-state index in [9.17, 15) is 33.6 Å². The molecule has 2 heterocycles. The molecule has 2 aromatic rings. The zero-order valence-corrected chi connectivity index (χ0v) is 51.5. The van der Waals surface area contributed by atoms with Crippen LogP contribution in [0.1, 0.15) is 96.0 Å². The van der Waals surface area contributed by atoms with Gasteiger partial charge in [-0.05, 0) is 50.7 Å². The van der Waals surface area contributed by atoms with Crippen LogP contribution in [0.4, 0.5) is 0 Å². The van der Waals surface area contributed by atoms with Crippen molar-refractivity contribution in [1.29, 1.82) is 0 Å². The molecule has 4 amide bonds. The first-order valence-corrected chi connectivity index (χ1v) is 29.7. The highest BCUT2D eigenvalue weighted by Crippen LogP contribution is 2.29. The summed E-state index contributed by atoms with van der Waals surface area (Å²) in [4.78, 5) is 92.4. The molecule has 486 valence electrons. The van der Waals surface area contributed by atoms with Crippen LogP contribution >= 0.6 is 0 Å². The maximum atomic E-state index is 14.0. The molecule has 0 bridgehead atoms. The first-order valence-electron chi connectivity index (χ1n) is 29.7. The lowest BCUT2D eigenvalue weighted by atomic mass is 9.87. The van der Waals surface area contributed by atoms with Crippen molar-refractivity contribution in [3.63, 3.8) is 0 Å². The van der Waals surface area contributed by atoms with Crippen molar-refractivity contribution >= 4 is 41.2 Å². The van der Waals surface area contributed by atoms with Crippen molar-refractivity contribution in [1.82, 2.24) is 25.2 Å². The summed E-state index contributed by atoms with van der Waals surface area (Å²) >= 11 is 0. The molecule has 1 aliphatic rings. The molecular weight excluding hydrogens is 1120 g/mol. The van der Waals surface area contributed by atoms with Crippen LogP contribution in [0.2, 0.25) is 0 Å². The fraction of sp³-hybridized carbons (Fsp3) is 0.717. The van der Waals surface area contributed by atoms with E-state index in [1.54, 1.807) is 72.2 Å². The van der Waals surface area contributed by atoms with Gasteiger partial charge < -0.3 is 72.6 Å². The number of rotatable bonds is 55. The van der Waals surface area contributed by atoms with Gasteiger partial charge in [-0.2, -0.15) is 0 Å². The van der Waals surface area contributed by atoms with Crippen LogP contribution in [0, 0.1) is 17.3 Å². The van der Waals surface area contributed by atoms with E-state index in [4.69, 9.17) is 67.3 Å². The van der Waals surface area contributed by atoms with E-state index in [0.717, 1.165) is 22.6 Å². The van der Waals surface area contributed by atoms with E-state index >= 15 is 0 Å². The number of imide groups is 1. The van der Waals surface area contributed by atoms with Crippen molar-refractivity contribution in [2.45, 2.75) is 105 Å². The third-order valence-corrected chi connectivity index (χ3v) is 12.9. The van der Waals surface area contributed by atoms with Gasteiger partial charge >= 0.3 is 5.97 Å². The van der Waals surface area contributed by atoms with E-state index in [1.165, 1.54) is 4.68 Å². The van der Waals surface area contributed by atoms with Gasteiger partial charge in [0.15, 0.2) is 5.78 Å². The molecule has 1 aliphatic heterocycles. The average molecular weight is 1220 g/mol. The molecule has 1 aromatic carbocycles. The summed E-state index contributed by atoms with van der Waals surface area (Å²) in [5, 5.41) is 11.3. The Morgan fingerprint density at radius 1 is 0.593 bits per heavy atom. The van der Waals surface area contributed by atoms with Crippen LogP contribution in [-0.2, 0) is 115 Å². The summed E-state index contributed by atoms with van der Waals surface area (Å²) in [5.41, 5.74) is 6.32. The zero-order valence-electron chi connectivity index (χ0n) is 51.5. The Morgan fingerprint density at radius 2 is 1.02 bits per heavy atom. The predicted molar refractivity (Wildman–Crippen MR) is 311 cm³/mol. The van der Waals surface area contributed by atoms with Crippen molar-refractivity contribution in [3.8, 4) is 0 Å². The van der Waals surface area contributed by atoms with Gasteiger partial charge in [0.1, 0.15) is 18.1 Å². The highest BCUT2D eigenvalue weighted by Gasteiger charge is 2.37. The number of nitrogens with two attached hydrogens (primary N) is 1. The normalized spacial score (nSPS) is 13.6.